The number of nitrogens with one attached hydrogen (secondary N) is 1. The zero-order chi connectivity index (χ0) is 23.8. The summed E-state index contributed by atoms with van der Waals surface area (Å²) in [6, 6.07) is 19.9. The van der Waals surface area contributed by atoms with Crippen LogP contribution in [0.5, 0.6) is 11.8 Å². The number of aromatic amines is 1. The van der Waals surface area contributed by atoms with E-state index in [1.54, 1.807) is 6.07 Å². The van der Waals surface area contributed by atoms with Crippen molar-refractivity contribution in [3.63, 3.8) is 0 Å². The smallest absolute Gasteiger partial charge is 0.294 e. The van der Waals surface area contributed by atoms with Gasteiger partial charge in [0.1, 0.15) is 18.0 Å². The second-order valence-corrected chi connectivity index (χ2v) is 8.88. The van der Waals surface area contributed by atoms with E-state index >= 15 is 0 Å². The van der Waals surface area contributed by atoms with Crippen LogP contribution in [0.3, 0.4) is 0 Å². The molecule has 5 rings (SSSR count). The average Bonchev–Trinajstić information content (AvgIpc) is 3.41. The number of hydrogen-bond acceptors (Lipinski definition) is 6. The molecule has 0 aliphatic carbocycles. The third kappa shape index (κ3) is 4.14. The SMILES string of the molecule is Cc1cc2[nH]c(O[C@@H]3CO[C@H]([C@H](O)CO)[C@@H]3C)nc2cc1-c1ccc(-c2ccccc2O)cc1. The maximum absolute atomic E-state index is 10.1. The van der Waals surface area contributed by atoms with E-state index < -0.39 is 12.2 Å². The van der Waals surface area contributed by atoms with Crippen LogP contribution in [-0.4, -0.2) is 56.8 Å². The number of ether oxygens (including phenoxy) is 2. The molecule has 2 heterocycles. The lowest BCUT2D eigenvalue weighted by Crippen LogP contribution is -2.36. The molecule has 176 valence electrons. The van der Waals surface area contributed by atoms with Crippen molar-refractivity contribution in [3.8, 4) is 34.0 Å². The Balaban J connectivity index is 1.38. The first-order valence-corrected chi connectivity index (χ1v) is 11.4. The van der Waals surface area contributed by atoms with Gasteiger partial charge in [0.05, 0.1) is 30.4 Å². The maximum atomic E-state index is 10.1. The van der Waals surface area contributed by atoms with Crippen LogP contribution in [-0.2, 0) is 4.74 Å². The fraction of sp³-hybridized carbons (Fsp3) is 0.296. The third-order valence-corrected chi connectivity index (χ3v) is 6.60. The van der Waals surface area contributed by atoms with Crippen LogP contribution in [0.25, 0.3) is 33.3 Å². The van der Waals surface area contributed by atoms with Crippen LogP contribution >= 0.6 is 0 Å². The molecule has 1 aliphatic heterocycles. The van der Waals surface area contributed by atoms with Gasteiger partial charge in [0.25, 0.3) is 6.01 Å². The predicted molar refractivity (Wildman–Crippen MR) is 130 cm³/mol. The number of nitrogens with zero attached hydrogens (tertiary/aromatic N) is 1. The van der Waals surface area contributed by atoms with Crippen molar-refractivity contribution in [2.45, 2.75) is 32.2 Å². The summed E-state index contributed by atoms with van der Waals surface area (Å²) in [4.78, 5) is 7.86. The molecule has 0 amide bonds. The molecule has 4 aromatic rings. The van der Waals surface area contributed by atoms with E-state index in [1.807, 2.05) is 61.5 Å². The van der Waals surface area contributed by atoms with Gasteiger partial charge in [-0.05, 0) is 47.4 Å². The molecular weight excluding hydrogens is 432 g/mol. The van der Waals surface area contributed by atoms with Gasteiger partial charge < -0.3 is 29.8 Å². The Kier molecular flexibility index (Phi) is 6.00. The van der Waals surface area contributed by atoms with E-state index in [0.717, 1.165) is 38.9 Å². The van der Waals surface area contributed by atoms with Crippen molar-refractivity contribution < 1.29 is 24.8 Å². The number of benzene rings is 3. The highest BCUT2D eigenvalue weighted by molar-refractivity contribution is 5.85. The van der Waals surface area contributed by atoms with E-state index in [1.165, 1.54) is 0 Å². The second kappa shape index (κ2) is 9.10. The van der Waals surface area contributed by atoms with E-state index in [2.05, 4.69) is 16.9 Å². The number of aromatic nitrogens is 2. The molecule has 1 aliphatic rings. The van der Waals surface area contributed by atoms with Crippen molar-refractivity contribution >= 4 is 11.0 Å². The maximum Gasteiger partial charge on any atom is 0.294 e. The number of rotatable bonds is 6. The number of H-pyrrole nitrogens is 1. The molecule has 1 saturated heterocycles. The van der Waals surface area contributed by atoms with Gasteiger partial charge in [-0.15, -0.1) is 0 Å². The van der Waals surface area contributed by atoms with Crippen molar-refractivity contribution in [1.29, 1.82) is 0 Å². The van der Waals surface area contributed by atoms with Gasteiger partial charge in [-0.2, -0.15) is 4.98 Å². The summed E-state index contributed by atoms with van der Waals surface area (Å²) in [5.74, 6) is 0.172. The summed E-state index contributed by atoms with van der Waals surface area (Å²) in [5, 5.41) is 29.3. The molecule has 0 spiro atoms. The molecule has 4 N–H and O–H groups in total. The van der Waals surface area contributed by atoms with Crippen molar-refractivity contribution in [2.24, 2.45) is 5.92 Å². The zero-order valence-electron chi connectivity index (χ0n) is 19.1. The van der Waals surface area contributed by atoms with Gasteiger partial charge in [-0.1, -0.05) is 49.4 Å². The Morgan fingerprint density at radius 3 is 2.50 bits per heavy atom. The molecule has 1 fully saturated rings. The summed E-state index contributed by atoms with van der Waals surface area (Å²) < 4.78 is 11.7. The molecule has 1 aromatic heterocycles. The normalized spacial score (nSPS) is 21.1. The van der Waals surface area contributed by atoms with E-state index in [-0.39, 0.29) is 24.4 Å². The van der Waals surface area contributed by atoms with Crippen LogP contribution in [0.1, 0.15) is 12.5 Å². The summed E-state index contributed by atoms with van der Waals surface area (Å²) in [7, 11) is 0. The highest BCUT2D eigenvalue weighted by Gasteiger charge is 2.39. The minimum atomic E-state index is -0.929. The molecule has 3 aromatic carbocycles. The topological polar surface area (TPSA) is 108 Å². The first kappa shape index (κ1) is 22.4. The number of imidazole rings is 1. The number of aryl methyl sites for hydroxylation is 1. The van der Waals surface area contributed by atoms with Crippen LogP contribution < -0.4 is 4.74 Å². The van der Waals surface area contributed by atoms with Gasteiger partial charge in [-0.3, -0.25) is 0 Å². The molecule has 7 nitrogen and oxygen atoms in total. The Hall–Kier alpha value is -3.39. The average molecular weight is 461 g/mol. The van der Waals surface area contributed by atoms with Crippen molar-refractivity contribution in [1.82, 2.24) is 9.97 Å². The Labute approximate surface area is 197 Å². The number of phenolic OH excluding ortho intramolecular Hbond substituents is 1. The Morgan fingerprint density at radius 1 is 1.09 bits per heavy atom. The van der Waals surface area contributed by atoms with E-state index in [9.17, 15) is 15.3 Å². The van der Waals surface area contributed by atoms with Crippen LogP contribution in [0.15, 0.2) is 60.7 Å². The van der Waals surface area contributed by atoms with Gasteiger partial charge in [-0.25, -0.2) is 0 Å². The standard InChI is InChI=1S/C27H28N2O5/c1-15-11-21-22(29-27(28-21)34-25-14-33-26(16(25)2)24(32)13-30)12-20(15)18-9-7-17(8-10-18)19-5-3-4-6-23(19)31/h3-12,16,24-26,30-32H,13-14H2,1-2H3,(H,28,29)/t16-,24-,25-,26+/m1/s1. The number of fused-ring (bicyclic) bond motifs is 1. The fourth-order valence-electron chi connectivity index (χ4n) is 4.63. The number of para-hydroxylation sites is 1. The summed E-state index contributed by atoms with van der Waals surface area (Å²) in [6.07, 6.45) is -1.66. The highest BCUT2D eigenvalue weighted by Crippen LogP contribution is 2.33. The summed E-state index contributed by atoms with van der Waals surface area (Å²) in [6.45, 7) is 3.97. The summed E-state index contributed by atoms with van der Waals surface area (Å²) in [5.41, 5.74) is 6.64. The van der Waals surface area contributed by atoms with Gasteiger partial charge in [0.15, 0.2) is 0 Å². The van der Waals surface area contributed by atoms with Crippen molar-refractivity contribution in [3.05, 3.63) is 66.2 Å². The Bertz CT molecular complexity index is 1300. The zero-order valence-corrected chi connectivity index (χ0v) is 19.1. The lowest BCUT2D eigenvalue weighted by molar-refractivity contribution is -0.0411. The molecule has 34 heavy (non-hydrogen) atoms. The van der Waals surface area contributed by atoms with Gasteiger partial charge >= 0.3 is 0 Å². The minimum Gasteiger partial charge on any atom is -0.507 e. The quantitative estimate of drug-likeness (QED) is 0.346. The van der Waals surface area contributed by atoms with E-state index in [4.69, 9.17) is 9.47 Å². The van der Waals surface area contributed by atoms with Gasteiger partial charge in [0, 0.05) is 11.5 Å². The monoisotopic (exact) mass is 460 g/mol. The van der Waals surface area contributed by atoms with Crippen LogP contribution in [0.4, 0.5) is 0 Å². The molecule has 0 saturated carbocycles. The number of aromatic hydroxyl groups is 1. The predicted octanol–water partition coefficient (Wildman–Crippen LogP) is 4.05. The minimum absolute atomic E-state index is 0.0878. The lowest BCUT2D eigenvalue weighted by Gasteiger charge is -2.21. The Morgan fingerprint density at radius 2 is 1.79 bits per heavy atom. The lowest BCUT2D eigenvalue weighted by atomic mass is 9.97. The highest BCUT2D eigenvalue weighted by atomic mass is 16.6. The number of hydrogen-bond donors (Lipinski definition) is 4. The first-order chi connectivity index (χ1) is 16.4. The summed E-state index contributed by atoms with van der Waals surface area (Å²) >= 11 is 0. The molecule has 4 atom stereocenters. The van der Waals surface area contributed by atoms with Crippen LogP contribution in [0.2, 0.25) is 0 Å². The van der Waals surface area contributed by atoms with Crippen LogP contribution in [0, 0.1) is 12.8 Å². The van der Waals surface area contributed by atoms with E-state index in [0.29, 0.717) is 12.6 Å². The number of aliphatic hydroxyl groups excluding tert-OH is 2. The fourth-order valence-corrected chi connectivity index (χ4v) is 4.63. The molecule has 0 unspecified atom stereocenters. The molecule has 7 heteroatoms. The largest absolute Gasteiger partial charge is 0.507 e. The molecule has 0 bridgehead atoms. The number of phenols is 1. The molecule has 0 radical (unpaired) electrons. The second-order valence-electron chi connectivity index (χ2n) is 8.88. The number of aliphatic hydroxyl groups is 2. The third-order valence-electron chi connectivity index (χ3n) is 6.60. The van der Waals surface area contributed by atoms with Crippen molar-refractivity contribution in [2.75, 3.05) is 13.2 Å². The molecular formula is C27H28N2O5. The first-order valence-electron chi connectivity index (χ1n) is 11.4. The van der Waals surface area contributed by atoms with Gasteiger partial charge in [0.2, 0.25) is 0 Å².